The van der Waals surface area contributed by atoms with Gasteiger partial charge >= 0.3 is 0 Å². The van der Waals surface area contributed by atoms with Crippen molar-refractivity contribution in [2.45, 2.75) is 13.5 Å². The van der Waals surface area contributed by atoms with Gasteiger partial charge in [0.25, 0.3) is 5.91 Å². The van der Waals surface area contributed by atoms with Gasteiger partial charge in [-0.25, -0.2) is 4.39 Å². The van der Waals surface area contributed by atoms with Crippen LogP contribution in [0.3, 0.4) is 0 Å². The number of aryl methyl sites for hydroxylation is 1. The highest BCUT2D eigenvalue weighted by molar-refractivity contribution is 5.95. The smallest absolute Gasteiger partial charge is 0.268 e. The summed E-state index contributed by atoms with van der Waals surface area (Å²) in [6, 6.07) is 13.3. The Bertz CT molecular complexity index is 1190. The molecule has 3 heterocycles. The number of H-pyrrole nitrogens is 1. The maximum absolute atomic E-state index is 13.3. The number of aromatic amines is 1. The number of hydrogen-bond acceptors (Lipinski definition) is 4. The van der Waals surface area contributed by atoms with Crippen molar-refractivity contribution in [1.29, 1.82) is 0 Å². The highest BCUT2D eigenvalue weighted by Gasteiger charge is 2.20. The molecule has 1 amide bonds. The van der Waals surface area contributed by atoms with Crippen LogP contribution in [-0.4, -0.2) is 21.0 Å². The normalized spacial score (nSPS) is 10.7. The number of nitrogens with zero attached hydrogens (tertiary/aromatic N) is 2. The Morgan fingerprint density at radius 3 is 2.77 bits per heavy atom. The van der Waals surface area contributed by atoms with Crippen molar-refractivity contribution in [3.63, 3.8) is 0 Å². The molecule has 150 valence electrons. The lowest BCUT2D eigenvalue weighted by Gasteiger charge is -2.05. The molecule has 4 aromatic rings. The van der Waals surface area contributed by atoms with E-state index in [-0.39, 0.29) is 11.7 Å². The molecule has 0 saturated carbocycles. The number of amides is 1. The van der Waals surface area contributed by atoms with Crippen molar-refractivity contribution in [3.05, 3.63) is 102 Å². The van der Waals surface area contributed by atoms with Gasteiger partial charge in [0.1, 0.15) is 23.0 Å². The second-order valence-corrected chi connectivity index (χ2v) is 6.75. The van der Waals surface area contributed by atoms with Gasteiger partial charge in [0.2, 0.25) is 0 Å². The van der Waals surface area contributed by atoms with Crippen molar-refractivity contribution in [1.82, 2.24) is 20.4 Å². The minimum Gasteiger partial charge on any atom is -0.360 e. The second-order valence-electron chi connectivity index (χ2n) is 6.75. The molecule has 30 heavy (non-hydrogen) atoms. The lowest BCUT2D eigenvalue weighted by atomic mass is 9.96. The van der Waals surface area contributed by atoms with E-state index in [1.807, 2.05) is 18.2 Å². The minimum absolute atomic E-state index is 0.250. The third-order valence-corrected chi connectivity index (χ3v) is 4.71. The van der Waals surface area contributed by atoms with E-state index >= 15 is 0 Å². The Balaban J connectivity index is 1.54. The number of benzene rings is 1. The lowest BCUT2D eigenvalue weighted by molar-refractivity contribution is 0.0946. The number of carbonyl (C=O) groups is 1. The molecule has 0 aliphatic rings. The Morgan fingerprint density at radius 1 is 1.23 bits per heavy atom. The molecule has 0 unspecified atom stereocenters. The summed E-state index contributed by atoms with van der Waals surface area (Å²) in [7, 11) is 0. The van der Waals surface area contributed by atoms with Crippen molar-refractivity contribution in [3.8, 4) is 11.3 Å². The van der Waals surface area contributed by atoms with Gasteiger partial charge in [-0.05, 0) is 55.0 Å². The zero-order valence-corrected chi connectivity index (χ0v) is 16.3. The molecule has 0 aliphatic carbocycles. The summed E-state index contributed by atoms with van der Waals surface area (Å²) in [4.78, 5) is 19.6. The Labute approximate surface area is 172 Å². The van der Waals surface area contributed by atoms with Crippen LogP contribution >= 0.6 is 0 Å². The molecule has 0 fully saturated rings. The van der Waals surface area contributed by atoms with Gasteiger partial charge in [-0.1, -0.05) is 17.8 Å². The number of pyridine rings is 1. The molecule has 0 bridgehead atoms. The maximum Gasteiger partial charge on any atom is 0.268 e. The average Bonchev–Trinajstić information content (AvgIpc) is 3.40. The minimum atomic E-state index is -0.327. The van der Waals surface area contributed by atoms with Crippen LogP contribution in [0.25, 0.3) is 16.8 Å². The van der Waals surface area contributed by atoms with E-state index in [1.165, 1.54) is 12.1 Å². The van der Waals surface area contributed by atoms with Crippen LogP contribution in [0.15, 0.2) is 72.0 Å². The molecule has 1 aromatic carbocycles. The zero-order valence-electron chi connectivity index (χ0n) is 16.3. The number of rotatable bonds is 6. The summed E-state index contributed by atoms with van der Waals surface area (Å²) >= 11 is 0. The predicted molar refractivity (Wildman–Crippen MR) is 111 cm³/mol. The van der Waals surface area contributed by atoms with Crippen molar-refractivity contribution in [2.24, 2.45) is 0 Å². The van der Waals surface area contributed by atoms with Gasteiger partial charge in [0.15, 0.2) is 0 Å². The number of carbonyl (C=O) groups excluding carboxylic acids is 1. The largest absolute Gasteiger partial charge is 0.360 e. The Morgan fingerprint density at radius 2 is 2.03 bits per heavy atom. The SMILES string of the molecule is C=C(c1c[nH]c(C(=O)NCc2ccccn2)c1)c1c(-c2ccc(F)cc2)noc1C. The summed E-state index contributed by atoms with van der Waals surface area (Å²) < 4.78 is 18.6. The Hall–Kier alpha value is -4.00. The molecule has 0 saturated heterocycles. The summed E-state index contributed by atoms with van der Waals surface area (Å²) in [5.74, 6) is 0.00788. The molecule has 0 spiro atoms. The van der Waals surface area contributed by atoms with E-state index in [0.29, 0.717) is 40.4 Å². The van der Waals surface area contributed by atoms with E-state index in [0.717, 1.165) is 11.3 Å². The highest BCUT2D eigenvalue weighted by Crippen LogP contribution is 2.34. The van der Waals surface area contributed by atoms with E-state index in [4.69, 9.17) is 4.52 Å². The summed E-state index contributed by atoms with van der Waals surface area (Å²) in [6.07, 6.45) is 3.39. The van der Waals surface area contributed by atoms with E-state index in [2.05, 4.69) is 27.0 Å². The van der Waals surface area contributed by atoms with E-state index in [1.54, 1.807) is 37.5 Å². The molecule has 0 atom stereocenters. The quantitative estimate of drug-likeness (QED) is 0.497. The monoisotopic (exact) mass is 402 g/mol. The fourth-order valence-electron chi connectivity index (χ4n) is 3.15. The molecule has 0 radical (unpaired) electrons. The molecule has 6 nitrogen and oxygen atoms in total. The third kappa shape index (κ3) is 3.91. The van der Waals surface area contributed by atoms with Gasteiger partial charge in [0, 0.05) is 23.5 Å². The molecule has 4 rings (SSSR count). The molecule has 7 heteroatoms. The molecule has 0 aliphatic heterocycles. The average molecular weight is 402 g/mol. The highest BCUT2D eigenvalue weighted by atomic mass is 19.1. The number of nitrogens with one attached hydrogen (secondary N) is 2. The van der Waals surface area contributed by atoms with Crippen LogP contribution in [-0.2, 0) is 6.54 Å². The van der Waals surface area contributed by atoms with Crippen LogP contribution in [0.1, 0.15) is 33.1 Å². The fourth-order valence-corrected chi connectivity index (χ4v) is 3.15. The molecular weight excluding hydrogens is 383 g/mol. The van der Waals surface area contributed by atoms with Crippen LogP contribution in [0.4, 0.5) is 4.39 Å². The molecular formula is C23H19FN4O2. The van der Waals surface area contributed by atoms with Gasteiger partial charge < -0.3 is 14.8 Å². The van der Waals surface area contributed by atoms with E-state index in [9.17, 15) is 9.18 Å². The van der Waals surface area contributed by atoms with Crippen LogP contribution in [0.2, 0.25) is 0 Å². The number of aromatic nitrogens is 3. The standard InChI is InChI=1S/C23H19FN4O2/c1-14(21-15(2)30-28-22(21)16-6-8-18(24)9-7-16)17-11-20(26-12-17)23(29)27-13-19-5-3-4-10-25-19/h3-12,26H,1,13H2,2H3,(H,27,29). The topological polar surface area (TPSA) is 83.8 Å². The fraction of sp³-hybridized carbons (Fsp3) is 0.0870. The summed E-state index contributed by atoms with van der Waals surface area (Å²) in [5, 5.41) is 6.94. The first-order chi connectivity index (χ1) is 14.5. The predicted octanol–water partition coefficient (Wildman–Crippen LogP) is 4.50. The van der Waals surface area contributed by atoms with Crippen molar-refractivity contribution < 1.29 is 13.7 Å². The number of hydrogen-bond donors (Lipinski definition) is 2. The first-order valence-electron chi connectivity index (χ1n) is 9.31. The van der Waals surface area contributed by atoms with Gasteiger partial charge in [0.05, 0.1) is 17.8 Å². The van der Waals surface area contributed by atoms with Gasteiger partial charge in [-0.3, -0.25) is 9.78 Å². The van der Waals surface area contributed by atoms with Crippen molar-refractivity contribution >= 4 is 11.5 Å². The number of halogens is 1. The molecule has 3 aromatic heterocycles. The van der Waals surface area contributed by atoms with Gasteiger partial charge in [-0.2, -0.15) is 0 Å². The van der Waals surface area contributed by atoms with E-state index < -0.39 is 0 Å². The van der Waals surface area contributed by atoms with Crippen LogP contribution < -0.4 is 5.32 Å². The second kappa shape index (κ2) is 8.16. The lowest BCUT2D eigenvalue weighted by Crippen LogP contribution is -2.23. The first kappa shape index (κ1) is 19.3. The zero-order chi connectivity index (χ0) is 21.1. The van der Waals surface area contributed by atoms with Crippen molar-refractivity contribution in [2.75, 3.05) is 0 Å². The van der Waals surface area contributed by atoms with Crippen LogP contribution in [0, 0.1) is 12.7 Å². The maximum atomic E-state index is 13.3. The third-order valence-electron chi connectivity index (χ3n) is 4.71. The summed E-state index contributed by atoms with van der Waals surface area (Å²) in [5.41, 5.74) is 4.54. The summed E-state index contributed by atoms with van der Waals surface area (Å²) in [6.45, 7) is 6.28. The van der Waals surface area contributed by atoms with Crippen LogP contribution in [0.5, 0.6) is 0 Å². The Kier molecular flexibility index (Phi) is 5.26. The molecule has 2 N–H and O–H groups in total. The van der Waals surface area contributed by atoms with Gasteiger partial charge in [-0.15, -0.1) is 0 Å². The first-order valence-corrected chi connectivity index (χ1v) is 9.31.